The summed E-state index contributed by atoms with van der Waals surface area (Å²) in [5.41, 5.74) is 0.604. The summed E-state index contributed by atoms with van der Waals surface area (Å²) in [6.45, 7) is 7.74. The van der Waals surface area contributed by atoms with Gasteiger partial charge in [0.1, 0.15) is 12.1 Å². The first kappa shape index (κ1) is 17.6. The molecule has 2 aromatic rings. The Morgan fingerprint density at radius 2 is 2.12 bits per heavy atom. The smallest absolute Gasteiger partial charge is 0.251 e. The van der Waals surface area contributed by atoms with Crippen LogP contribution in [0.5, 0.6) is 0 Å². The molecule has 1 N–H and O–H groups in total. The van der Waals surface area contributed by atoms with Gasteiger partial charge in [-0.15, -0.1) is 0 Å². The lowest BCUT2D eigenvalue weighted by atomic mass is 10.2. The molecular formula is C18H25N5O2. The minimum atomic E-state index is -0.0764. The molecular weight excluding hydrogens is 318 g/mol. The third-order valence-corrected chi connectivity index (χ3v) is 4.21. The molecule has 0 aromatic carbocycles. The maximum atomic E-state index is 12.3. The van der Waals surface area contributed by atoms with Gasteiger partial charge in [-0.1, -0.05) is 0 Å². The van der Waals surface area contributed by atoms with Crippen LogP contribution < -0.4 is 5.32 Å². The highest BCUT2D eigenvalue weighted by Gasteiger charge is 2.21. The molecule has 25 heavy (non-hydrogen) atoms. The fourth-order valence-corrected chi connectivity index (χ4v) is 3.17. The number of amides is 1. The Hall–Kier alpha value is -2.25. The number of hydrogen-bond donors (Lipinski definition) is 1. The molecule has 7 nitrogen and oxygen atoms in total. The van der Waals surface area contributed by atoms with E-state index in [9.17, 15) is 4.79 Å². The van der Waals surface area contributed by atoms with Gasteiger partial charge in [0, 0.05) is 50.3 Å². The van der Waals surface area contributed by atoms with Gasteiger partial charge in [0.15, 0.2) is 0 Å². The van der Waals surface area contributed by atoms with Gasteiger partial charge in [-0.3, -0.25) is 14.3 Å². The van der Waals surface area contributed by atoms with Crippen molar-refractivity contribution in [2.75, 3.05) is 26.2 Å². The Morgan fingerprint density at radius 1 is 1.32 bits per heavy atom. The molecule has 1 aliphatic rings. The summed E-state index contributed by atoms with van der Waals surface area (Å²) in [6.07, 6.45) is 8.25. The Kier molecular flexibility index (Phi) is 5.78. The van der Waals surface area contributed by atoms with E-state index in [0.29, 0.717) is 17.9 Å². The average molecular weight is 343 g/mol. The second-order valence-corrected chi connectivity index (χ2v) is 6.50. The fraction of sp³-hybridized carbons (Fsp3) is 0.500. The van der Waals surface area contributed by atoms with E-state index in [2.05, 4.69) is 34.0 Å². The number of carbonyl (C=O) groups is 1. The van der Waals surface area contributed by atoms with Crippen molar-refractivity contribution in [1.29, 1.82) is 0 Å². The van der Waals surface area contributed by atoms with Crippen LogP contribution in [-0.2, 0) is 4.74 Å². The minimum absolute atomic E-state index is 0.0764. The standard InChI is InChI=1S/C18H25N5O2/c1-14-11-22(12-15(2)25-14)8-3-5-21-18(24)16-4-6-20-17(10-16)23-9-7-19-13-23/h4,6-7,9-10,13-15H,3,5,8,11-12H2,1-2H3,(H,21,24)/t14-,15+. The number of nitrogens with one attached hydrogen (secondary N) is 1. The lowest BCUT2D eigenvalue weighted by molar-refractivity contribution is -0.0679. The van der Waals surface area contributed by atoms with E-state index in [4.69, 9.17) is 4.74 Å². The molecule has 0 saturated carbocycles. The highest BCUT2D eigenvalue weighted by atomic mass is 16.5. The molecule has 2 atom stereocenters. The van der Waals surface area contributed by atoms with Gasteiger partial charge in [0.05, 0.1) is 12.2 Å². The fourth-order valence-electron chi connectivity index (χ4n) is 3.17. The number of imidazole rings is 1. The van der Waals surface area contributed by atoms with Crippen LogP contribution in [-0.4, -0.2) is 63.7 Å². The van der Waals surface area contributed by atoms with Gasteiger partial charge >= 0.3 is 0 Å². The SMILES string of the molecule is C[C@@H]1CN(CCCNC(=O)c2ccnc(-n3ccnc3)c2)C[C@H](C)O1. The van der Waals surface area contributed by atoms with Gasteiger partial charge in [0.2, 0.25) is 0 Å². The van der Waals surface area contributed by atoms with Crippen LogP contribution in [0.3, 0.4) is 0 Å². The van der Waals surface area contributed by atoms with Crippen molar-refractivity contribution >= 4 is 5.91 Å². The van der Waals surface area contributed by atoms with E-state index in [1.807, 2.05) is 0 Å². The summed E-state index contributed by atoms with van der Waals surface area (Å²) in [5, 5.41) is 2.98. The molecule has 0 spiro atoms. The quantitative estimate of drug-likeness (QED) is 0.805. The summed E-state index contributed by atoms with van der Waals surface area (Å²) >= 11 is 0. The Bertz CT molecular complexity index is 679. The maximum absolute atomic E-state index is 12.3. The molecule has 3 rings (SSSR count). The number of pyridine rings is 1. The second kappa shape index (κ2) is 8.22. The molecule has 0 bridgehead atoms. The summed E-state index contributed by atoms with van der Waals surface area (Å²) < 4.78 is 7.51. The monoisotopic (exact) mass is 343 g/mol. The van der Waals surface area contributed by atoms with Crippen molar-refractivity contribution in [3.8, 4) is 5.82 Å². The third kappa shape index (κ3) is 4.87. The van der Waals surface area contributed by atoms with E-state index >= 15 is 0 Å². The number of carbonyl (C=O) groups excluding carboxylic acids is 1. The number of nitrogens with zero attached hydrogens (tertiary/aromatic N) is 4. The zero-order valence-electron chi connectivity index (χ0n) is 14.8. The van der Waals surface area contributed by atoms with Crippen molar-refractivity contribution in [1.82, 2.24) is 24.8 Å². The number of hydrogen-bond acceptors (Lipinski definition) is 5. The third-order valence-electron chi connectivity index (χ3n) is 4.21. The molecule has 1 saturated heterocycles. The number of ether oxygens (including phenoxy) is 1. The summed E-state index contributed by atoms with van der Waals surface area (Å²) in [4.78, 5) is 23.0. The van der Waals surface area contributed by atoms with Crippen LogP contribution in [0.4, 0.5) is 0 Å². The number of aromatic nitrogens is 3. The number of rotatable bonds is 6. The molecule has 1 aliphatic heterocycles. The van der Waals surface area contributed by atoms with E-state index in [-0.39, 0.29) is 18.1 Å². The van der Waals surface area contributed by atoms with Crippen LogP contribution in [0.1, 0.15) is 30.6 Å². The molecule has 134 valence electrons. The summed E-state index contributed by atoms with van der Waals surface area (Å²) in [7, 11) is 0. The molecule has 2 aromatic heterocycles. The van der Waals surface area contributed by atoms with Gasteiger partial charge in [-0.2, -0.15) is 0 Å². The topological polar surface area (TPSA) is 72.3 Å². The predicted octanol–water partition coefficient (Wildman–Crippen LogP) is 1.50. The van der Waals surface area contributed by atoms with E-state index in [1.54, 1.807) is 41.6 Å². The Morgan fingerprint density at radius 3 is 2.84 bits per heavy atom. The van der Waals surface area contributed by atoms with Crippen LogP contribution in [0.25, 0.3) is 5.82 Å². The van der Waals surface area contributed by atoms with E-state index < -0.39 is 0 Å². The minimum Gasteiger partial charge on any atom is -0.373 e. The van der Waals surface area contributed by atoms with Crippen molar-refractivity contribution in [3.05, 3.63) is 42.6 Å². The normalized spacial score (nSPS) is 21.2. The summed E-state index contributed by atoms with van der Waals surface area (Å²) in [5.74, 6) is 0.605. The van der Waals surface area contributed by atoms with Crippen LogP contribution >= 0.6 is 0 Å². The lowest BCUT2D eigenvalue weighted by Gasteiger charge is -2.35. The first-order valence-electron chi connectivity index (χ1n) is 8.72. The van der Waals surface area contributed by atoms with Gasteiger partial charge < -0.3 is 10.1 Å². The van der Waals surface area contributed by atoms with Gasteiger partial charge in [0.25, 0.3) is 5.91 Å². The van der Waals surface area contributed by atoms with Gasteiger partial charge in [-0.05, 0) is 32.4 Å². The predicted molar refractivity (Wildman–Crippen MR) is 94.8 cm³/mol. The Labute approximate surface area is 148 Å². The van der Waals surface area contributed by atoms with Crippen molar-refractivity contribution in [3.63, 3.8) is 0 Å². The van der Waals surface area contributed by atoms with Crippen molar-refractivity contribution < 1.29 is 9.53 Å². The second-order valence-electron chi connectivity index (χ2n) is 6.50. The zero-order chi connectivity index (χ0) is 17.6. The molecule has 7 heteroatoms. The Balaban J connectivity index is 1.46. The molecule has 1 fully saturated rings. The molecule has 0 aliphatic carbocycles. The van der Waals surface area contributed by atoms with Crippen LogP contribution in [0.15, 0.2) is 37.1 Å². The number of morpholine rings is 1. The first-order chi connectivity index (χ1) is 12.1. The summed E-state index contributed by atoms with van der Waals surface area (Å²) in [6, 6.07) is 3.49. The maximum Gasteiger partial charge on any atom is 0.251 e. The molecule has 1 amide bonds. The van der Waals surface area contributed by atoms with Crippen LogP contribution in [0.2, 0.25) is 0 Å². The molecule has 3 heterocycles. The highest BCUT2D eigenvalue weighted by molar-refractivity contribution is 5.94. The largest absolute Gasteiger partial charge is 0.373 e. The van der Waals surface area contributed by atoms with E-state index in [1.165, 1.54) is 0 Å². The van der Waals surface area contributed by atoms with Crippen molar-refractivity contribution in [2.45, 2.75) is 32.5 Å². The first-order valence-corrected chi connectivity index (χ1v) is 8.72. The highest BCUT2D eigenvalue weighted by Crippen LogP contribution is 2.11. The van der Waals surface area contributed by atoms with Crippen LogP contribution in [0, 0.1) is 0 Å². The van der Waals surface area contributed by atoms with Gasteiger partial charge in [-0.25, -0.2) is 9.97 Å². The average Bonchev–Trinajstić information content (AvgIpc) is 3.12. The lowest BCUT2D eigenvalue weighted by Crippen LogP contribution is -2.46. The van der Waals surface area contributed by atoms with E-state index in [0.717, 1.165) is 26.1 Å². The zero-order valence-corrected chi connectivity index (χ0v) is 14.8. The van der Waals surface area contributed by atoms with Crippen molar-refractivity contribution in [2.24, 2.45) is 0 Å². The molecule has 0 unspecified atom stereocenters. The molecule has 0 radical (unpaired) electrons.